The molecule has 0 radical (unpaired) electrons. The van der Waals surface area contributed by atoms with Gasteiger partial charge in [0.1, 0.15) is 5.75 Å². The molecule has 1 heterocycles. The Labute approximate surface area is 128 Å². The van der Waals surface area contributed by atoms with Gasteiger partial charge < -0.3 is 10.1 Å². The minimum absolute atomic E-state index is 0.369. The van der Waals surface area contributed by atoms with Gasteiger partial charge in [0.15, 0.2) is 0 Å². The Balaban J connectivity index is 1.73. The maximum atomic E-state index is 5.70. The van der Waals surface area contributed by atoms with Crippen molar-refractivity contribution < 1.29 is 4.74 Å². The van der Waals surface area contributed by atoms with Crippen molar-refractivity contribution in [1.29, 1.82) is 0 Å². The molecule has 1 unspecified atom stereocenters. The van der Waals surface area contributed by atoms with E-state index in [4.69, 9.17) is 4.74 Å². The smallest absolute Gasteiger partial charge is 0.124 e. The SMILES string of the molecule is Cc1ccc(CNC2CCOc3ccccc32)c(Br)c1. The maximum Gasteiger partial charge on any atom is 0.124 e. The topological polar surface area (TPSA) is 21.3 Å². The minimum Gasteiger partial charge on any atom is -0.493 e. The van der Waals surface area contributed by atoms with E-state index in [1.807, 2.05) is 12.1 Å². The highest BCUT2D eigenvalue weighted by molar-refractivity contribution is 9.10. The van der Waals surface area contributed by atoms with Crippen molar-refractivity contribution in [3.8, 4) is 5.75 Å². The van der Waals surface area contributed by atoms with Gasteiger partial charge in [-0.1, -0.05) is 46.3 Å². The van der Waals surface area contributed by atoms with Crippen molar-refractivity contribution in [2.45, 2.75) is 25.9 Å². The molecule has 104 valence electrons. The first-order valence-corrected chi connectivity index (χ1v) is 7.73. The van der Waals surface area contributed by atoms with Crippen LogP contribution in [0.1, 0.15) is 29.2 Å². The maximum absolute atomic E-state index is 5.70. The highest BCUT2D eigenvalue weighted by atomic mass is 79.9. The lowest BCUT2D eigenvalue weighted by atomic mass is 10.0. The lowest BCUT2D eigenvalue weighted by Gasteiger charge is -2.27. The fraction of sp³-hybridized carbons (Fsp3) is 0.294. The van der Waals surface area contributed by atoms with Crippen LogP contribution >= 0.6 is 15.9 Å². The Hall–Kier alpha value is -1.32. The number of para-hydroxylation sites is 1. The van der Waals surface area contributed by atoms with Crippen molar-refractivity contribution in [2.24, 2.45) is 0 Å². The molecule has 2 nitrogen and oxygen atoms in total. The van der Waals surface area contributed by atoms with E-state index < -0.39 is 0 Å². The van der Waals surface area contributed by atoms with Gasteiger partial charge in [-0.25, -0.2) is 0 Å². The largest absolute Gasteiger partial charge is 0.493 e. The lowest BCUT2D eigenvalue weighted by molar-refractivity contribution is 0.252. The molecule has 0 aromatic heterocycles. The molecule has 3 heteroatoms. The van der Waals surface area contributed by atoms with E-state index in [1.165, 1.54) is 21.2 Å². The summed E-state index contributed by atoms with van der Waals surface area (Å²) in [7, 11) is 0. The average Bonchev–Trinajstić information content (AvgIpc) is 2.46. The first-order chi connectivity index (χ1) is 9.74. The van der Waals surface area contributed by atoms with Crippen LogP contribution < -0.4 is 10.1 Å². The van der Waals surface area contributed by atoms with Gasteiger partial charge in [0.2, 0.25) is 0 Å². The van der Waals surface area contributed by atoms with Gasteiger partial charge in [0.05, 0.1) is 6.61 Å². The van der Waals surface area contributed by atoms with Gasteiger partial charge in [0, 0.05) is 29.0 Å². The Bertz CT molecular complexity index is 612. The van der Waals surface area contributed by atoms with Gasteiger partial charge in [-0.05, 0) is 30.2 Å². The van der Waals surface area contributed by atoms with E-state index in [0.717, 1.165) is 25.3 Å². The number of hydrogen-bond donors (Lipinski definition) is 1. The number of nitrogens with one attached hydrogen (secondary N) is 1. The first-order valence-electron chi connectivity index (χ1n) is 6.94. The molecule has 20 heavy (non-hydrogen) atoms. The summed E-state index contributed by atoms with van der Waals surface area (Å²) in [5.74, 6) is 1.01. The summed E-state index contributed by atoms with van der Waals surface area (Å²) in [6.45, 7) is 3.75. The van der Waals surface area contributed by atoms with Crippen LogP contribution in [0.15, 0.2) is 46.9 Å². The fourth-order valence-corrected chi connectivity index (χ4v) is 3.22. The zero-order valence-electron chi connectivity index (χ0n) is 11.5. The monoisotopic (exact) mass is 331 g/mol. The number of halogens is 1. The van der Waals surface area contributed by atoms with Gasteiger partial charge in [-0.2, -0.15) is 0 Å². The summed E-state index contributed by atoms with van der Waals surface area (Å²) >= 11 is 3.64. The van der Waals surface area contributed by atoms with E-state index in [2.05, 4.69) is 58.5 Å². The third-order valence-corrected chi connectivity index (χ3v) is 4.44. The average molecular weight is 332 g/mol. The lowest BCUT2D eigenvalue weighted by Crippen LogP contribution is -2.26. The molecule has 1 atom stereocenters. The molecule has 1 aliphatic rings. The van der Waals surface area contributed by atoms with Crippen molar-refractivity contribution in [3.05, 3.63) is 63.6 Å². The molecular weight excluding hydrogens is 314 g/mol. The second kappa shape index (κ2) is 5.98. The molecule has 0 bridgehead atoms. The van der Waals surface area contributed by atoms with Crippen LogP contribution in [0.5, 0.6) is 5.75 Å². The van der Waals surface area contributed by atoms with Crippen LogP contribution in [-0.4, -0.2) is 6.61 Å². The molecule has 0 saturated carbocycles. The summed E-state index contributed by atoms with van der Waals surface area (Å²) < 4.78 is 6.87. The van der Waals surface area contributed by atoms with E-state index in [1.54, 1.807) is 0 Å². The first kappa shape index (κ1) is 13.7. The van der Waals surface area contributed by atoms with Crippen molar-refractivity contribution in [3.63, 3.8) is 0 Å². The molecule has 2 aromatic carbocycles. The van der Waals surface area contributed by atoms with E-state index in [0.29, 0.717) is 6.04 Å². The van der Waals surface area contributed by atoms with Gasteiger partial charge in [-0.3, -0.25) is 0 Å². The zero-order valence-corrected chi connectivity index (χ0v) is 13.1. The zero-order chi connectivity index (χ0) is 13.9. The number of aryl methyl sites for hydroxylation is 1. The summed E-state index contributed by atoms with van der Waals surface area (Å²) in [6.07, 6.45) is 1.01. The van der Waals surface area contributed by atoms with Crippen molar-refractivity contribution in [2.75, 3.05) is 6.61 Å². The number of benzene rings is 2. The van der Waals surface area contributed by atoms with E-state index in [-0.39, 0.29) is 0 Å². The Morgan fingerprint density at radius 1 is 1.25 bits per heavy atom. The van der Waals surface area contributed by atoms with Crippen LogP contribution in [-0.2, 0) is 6.54 Å². The molecule has 2 aromatic rings. The molecule has 0 saturated heterocycles. The standard InChI is InChI=1S/C17H18BrNO/c1-12-6-7-13(15(18)10-12)11-19-16-8-9-20-17-5-3-2-4-14(16)17/h2-7,10,16,19H,8-9,11H2,1H3. The van der Waals surface area contributed by atoms with Crippen LogP contribution in [0.2, 0.25) is 0 Å². The highest BCUT2D eigenvalue weighted by Gasteiger charge is 2.20. The molecule has 1 N–H and O–H groups in total. The van der Waals surface area contributed by atoms with Crippen LogP contribution in [0.3, 0.4) is 0 Å². The molecule has 0 spiro atoms. The quantitative estimate of drug-likeness (QED) is 0.901. The normalized spacial score (nSPS) is 17.4. The predicted octanol–water partition coefficient (Wildman–Crippen LogP) is 4.37. The minimum atomic E-state index is 0.369. The van der Waals surface area contributed by atoms with Crippen LogP contribution in [0, 0.1) is 6.92 Å². The van der Waals surface area contributed by atoms with Crippen LogP contribution in [0.25, 0.3) is 0 Å². The molecule has 0 aliphatic carbocycles. The number of fused-ring (bicyclic) bond motifs is 1. The Kier molecular flexibility index (Phi) is 4.08. The van der Waals surface area contributed by atoms with Gasteiger partial charge in [-0.15, -0.1) is 0 Å². The summed E-state index contributed by atoms with van der Waals surface area (Å²) in [4.78, 5) is 0. The summed E-state index contributed by atoms with van der Waals surface area (Å²) in [5, 5.41) is 3.64. The van der Waals surface area contributed by atoms with Crippen molar-refractivity contribution >= 4 is 15.9 Å². The molecule has 1 aliphatic heterocycles. The highest BCUT2D eigenvalue weighted by Crippen LogP contribution is 2.32. The fourth-order valence-electron chi connectivity index (χ4n) is 2.58. The van der Waals surface area contributed by atoms with Gasteiger partial charge in [0.25, 0.3) is 0 Å². The number of hydrogen-bond acceptors (Lipinski definition) is 2. The predicted molar refractivity (Wildman–Crippen MR) is 85.0 cm³/mol. The Morgan fingerprint density at radius 2 is 2.10 bits per heavy atom. The second-order valence-corrected chi connectivity index (χ2v) is 6.06. The molecule has 3 rings (SSSR count). The van der Waals surface area contributed by atoms with E-state index in [9.17, 15) is 0 Å². The van der Waals surface area contributed by atoms with Gasteiger partial charge >= 0.3 is 0 Å². The third-order valence-electron chi connectivity index (χ3n) is 3.71. The second-order valence-electron chi connectivity index (χ2n) is 5.20. The van der Waals surface area contributed by atoms with E-state index >= 15 is 0 Å². The number of rotatable bonds is 3. The number of ether oxygens (including phenoxy) is 1. The third kappa shape index (κ3) is 2.89. The summed E-state index contributed by atoms with van der Waals surface area (Å²) in [5.41, 5.74) is 3.83. The van der Waals surface area contributed by atoms with Crippen molar-refractivity contribution in [1.82, 2.24) is 5.32 Å². The molecule has 0 fully saturated rings. The molecular formula is C17H18BrNO. The van der Waals surface area contributed by atoms with Crippen LogP contribution in [0.4, 0.5) is 0 Å². The Morgan fingerprint density at radius 3 is 2.95 bits per heavy atom. The molecule has 0 amide bonds. The summed E-state index contributed by atoms with van der Waals surface area (Å²) in [6, 6.07) is 15.2.